The highest BCUT2D eigenvalue weighted by Crippen LogP contribution is 1.92. The predicted molar refractivity (Wildman–Crippen MR) is 37.9 cm³/mol. The third-order valence-electron chi connectivity index (χ3n) is 1.44. The molecule has 0 saturated heterocycles. The molecule has 0 aliphatic rings. The fraction of sp³-hybridized carbons (Fsp3) is 0.400. The molecule has 0 unspecified atom stereocenters. The van der Waals surface area contributed by atoms with E-state index in [0.717, 1.165) is 0 Å². The van der Waals surface area contributed by atoms with Crippen molar-refractivity contribution in [3.8, 4) is 0 Å². The Hall–Kier alpha value is -0.805. The van der Waals surface area contributed by atoms with E-state index >= 15 is 0 Å². The van der Waals surface area contributed by atoms with Gasteiger partial charge in [-0.2, -0.15) is 5.10 Å². The monoisotopic (exact) mass is 140 g/mol. The SMILES string of the molecule is Cc1n[nH]c(C)c1B(O)O. The van der Waals surface area contributed by atoms with Gasteiger partial charge < -0.3 is 10.0 Å². The number of nitrogens with zero attached hydrogens (tertiary/aromatic N) is 1. The van der Waals surface area contributed by atoms with Crippen molar-refractivity contribution in [2.45, 2.75) is 13.8 Å². The standard InChI is InChI=1S/C5H9BN2O2/c1-3-5(6(9)10)4(2)8-7-3/h9-10H,1-2H3,(H,7,8). The van der Waals surface area contributed by atoms with Crippen LogP contribution < -0.4 is 5.46 Å². The summed E-state index contributed by atoms with van der Waals surface area (Å²) >= 11 is 0. The Morgan fingerprint density at radius 1 is 1.40 bits per heavy atom. The Balaban J connectivity index is 3.10. The van der Waals surface area contributed by atoms with Crippen LogP contribution in [-0.2, 0) is 0 Å². The Morgan fingerprint density at radius 2 is 2.00 bits per heavy atom. The van der Waals surface area contributed by atoms with E-state index in [1.165, 1.54) is 0 Å². The van der Waals surface area contributed by atoms with Gasteiger partial charge in [0.1, 0.15) is 0 Å². The number of H-pyrrole nitrogens is 1. The van der Waals surface area contributed by atoms with E-state index in [4.69, 9.17) is 10.0 Å². The smallest absolute Gasteiger partial charge is 0.423 e. The van der Waals surface area contributed by atoms with E-state index in [1.807, 2.05) is 0 Å². The summed E-state index contributed by atoms with van der Waals surface area (Å²) in [6, 6.07) is 0. The zero-order chi connectivity index (χ0) is 7.72. The van der Waals surface area contributed by atoms with Gasteiger partial charge in [0, 0.05) is 11.2 Å². The van der Waals surface area contributed by atoms with Crippen molar-refractivity contribution in [2.75, 3.05) is 0 Å². The summed E-state index contributed by atoms with van der Waals surface area (Å²) in [5.74, 6) is 0. The fourth-order valence-corrected chi connectivity index (χ4v) is 0.940. The molecule has 0 atom stereocenters. The first-order valence-electron chi connectivity index (χ1n) is 3.00. The molecule has 0 saturated carbocycles. The zero-order valence-corrected chi connectivity index (χ0v) is 5.92. The van der Waals surface area contributed by atoms with Gasteiger partial charge in [-0.1, -0.05) is 0 Å². The van der Waals surface area contributed by atoms with Crippen LogP contribution in [0.5, 0.6) is 0 Å². The minimum absolute atomic E-state index is 0.472. The molecule has 0 amide bonds. The van der Waals surface area contributed by atoms with E-state index in [2.05, 4.69) is 10.2 Å². The molecule has 0 aliphatic carbocycles. The highest BCUT2D eigenvalue weighted by molar-refractivity contribution is 6.59. The summed E-state index contributed by atoms with van der Waals surface area (Å²) in [6.07, 6.45) is 0. The zero-order valence-electron chi connectivity index (χ0n) is 5.92. The quantitative estimate of drug-likeness (QED) is 0.425. The Morgan fingerprint density at radius 3 is 2.20 bits per heavy atom. The molecule has 0 bridgehead atoms. The third kappa shape index (κ3) is 1.05. The van der Waals surface area contributed by atoms with Gasteiger partial charge in [-0.3, -0.25) is 5.10 Å². The van der Waals surface area contributed by atoms with Crippen LogP contribution in [0.25, 0.3) is 0 Å². The predicted octanol–water partition coefficient (Wildman–Crippen LogP) is -1.29. The fourth-order valence-electron chi connectivity index (χ4n) is 0.940. The van der Waals surface area contributed by atoms with Gasteiger partial charge in [-0.15, -0.1) is 0 Å². The van der Waals surface area contributed by atoms with Crippen molar-refractivity contribution in [3.05, 3.63) is 11.4 Å². The molecule has 0 radical (unpaired) electrons. The maximum atomic E-state index is 8.77. The molecule has 0 aromatic carbocycles. The van der Waals surface area contributed by atoms with Gasteiger partial charge in [-0.25, -0.2) is 0 Å². The molecule has 4 nitrogen and oxygen atoms in total. The van der Waals surface area contributed by atoms with Crippen LogP contribution in [0.2, 0.25) is 0 Å². The van der Waals surface area contributed by atoms with Crippen molar-refractivity contribution in [3.63, 3.8) is 0 Å². The molecule has 3 N–H and O–H groups in total. The number of aromatic amines is 1. The second-order valence-corrected chi connectivity index (χ2v) is 2.22. The number of nitrogens with one attached hydrogen (secondary N) is 1. The maximum absolute atomic E-state index is 8.77. The lowest BCUT2D eigenvalue weighted by Crippen LogP contribution is -2.32. The van der Waals surface area contributed by atoms with Gasteiger partial charge in [-0.05, 0) is 13.8 Å². The lowest BCUT2D eigenvalue weighted by atomic mass is 9.79. The van der Waals surface area contributed by atoms with E-state index in [1.54, 1.807) is 13.8 Å². The number of rotatable bonds is 1. The number of hydrogen-bond acceptors (Lipinski definition) is 3. The molecule has 10 heavy (non-hydrogen) atoms. The summed E-state index contributed by atoms with van der Waals surface area (Å²) in [5, 5.41) is 24.0. The van der Waals surface area contributed by atoms with Gasteiger partial charge in [0.15, 0.2) is 0 Å². The molecule has 5 heteroatoms. The van der Waals surface area contributed by atoms with Crippen LogP contribution in [0, 0.1) is 13.8 Å². The molecule has 0 fully saturated rings. The van der Waals surface area contributed by atoms with Crippen molar-refractivity contribution in [1.29, 1.82) is 0 Å². The Labute approximate surface area is 59.0 Å². The van der Waals surface area contributed by atoms with Crippen LogP contribution in [0.3, 0.4) is 0 Å². The van der Waals surface area contributed by atoms with Gasteiger partial charge in [0.25, 0.3) is 0 Å². The molecule has 1 aromatic rings. The molecule has 0 spiro atoms. The number of hydrogen-bond donors (Lipinski definition) is 3. The molecule has 1 rings (SSSR count). The summed E-state index contributed by atoms with van der Waals surface area (Å²) in [7, 11) is -1.42. The first-order valence-corrected chi connectivity index (χ1v) is 3.00. The Kier molecular flexibility index (Phi) is 1.78. The first-order chi connectivity index (χ1) is 4.63. The summed E-state index contributed by atoms with van der Waals surface area (Å²) in [5.41, 5.74) is 1.81. The topological polar surface area (TPSA) is 69.1 Å². The summed E-state index contributed by atoms with van der Waals surface area (Å²) in [4.78, 5) is 0. The van der Waals surface area contributed by atoms with Gasteiger partial charge in [0.2, 0.25) is 0 Å². The van der Waals surface area contributed by atoms with Crippen LogP contribution in [-0.4, -0.2) is 27.4 Å². The second kappa shape index (κ2) is 2.44. The first kappa shape index (κ1) is 7.30. The molecule has 0 aliphatic heterocycles. The van der Waals surface area contributed by atoms with Crippen molar-refractivity contribution < 1.29 is 10.0 Å². The molecule has 54 valence electrons. The van der Waals surface area contributed by atoms with Crippen LogP contribution in [0.4, 0.5) is 0 Å². The molecule has 1 aromatic heterocycles. The van der Waals surface area contributed by atoms with Crippen molar-refractivity contribution in [2.24, 2.45) is 0 Å². The third-order valence-corrected chi connectivity index (χ3v) is 1.44. The van der Waals surface area contributed by atoms with Crippen molar-refractivity contribution >= 4 is 12.6 Å². The average Bonchev–Trinajstić information content (AvgIpc) is 2.11. The Bertz CT molecular complexity index is 214. The van der Waals surface area contributed by atoms with E-state index in [-0.39, 0.29) is 0 Å². The highest BCUT2D eigenvalue weighted by Gasteiger charge is 2.18. The van der Waals surface area contributed by atoms with Crippen LogP contribution >= 0.6 is 0 Å². The average molecular weight is 140 g/mol. The minimum atomic E-state index is -1.42. The minimum Gasteiger partial charge on any atom is -0.423 e. The molecular weight excluding hydrogens is 131 g/mol. The molecular formula is C5H9BN2O2. The van der Waals surface area contributed by atoms with Crippen LogP contribution in [0.15, 0.2) is 0 Å². The van der Waals surface area contributed by atoms with Gasteiger partial charge >= 0.3 is 7.12 Å². The summed E-state index contributed by atoms with van der Waals surface area (Å²) < 4.78 is 0. The normalized spacial score (nSPS) is 10.0. The van der Waals surface area contributed by atoms with Gasteiger partial charge in [0.05, 0.1) is 5.69 Å². The lowest BCUT2D eigenvalue weighted by Gasteiger charge is -1.95. The molecule has 1 heterocycles. The lowest BCUT2D eigenvalue weighted by molar-refractivity contribution is 0.425. The highest BCUT2D eigenvalue weighted by atomic mass is 16.4. The van der Waals surface area contributed by atoms with E-state index in [9.17, 15) is 0 Å². The van der Waals surface area contributed by atoms with E-state index < -0.39 is 7.12 Å². The van der Waals surface area contributed by atoms with Crippen LogP contribution in [0.1, 0.15) is 11.4 Å². The largest absolute Gasteiger partial charge is 0.492 e. The second-order valence-electron chi connectivity index (χ2n) is 2.22. The summed E-state index contributed by atoms with van der Waals surface area (Å²) in [6.45, 7) is 3.47. The maximum Gasteiger partial charge on any atom is 0.492 e. The number of aromatic nitrogens is 2. The van der Waals surface area contributed by atoms with E-state index in [0.29, 0.717) is 16.9 Å². The number of aryl methyl sites for hydroxylation is 2. The van der Waals surface area contributed by atoms with Crippen molar-refractivity contribution in [1.82, 2.24) is 10.2 Å².